The Morgan fingerprint density at radius 3 is 1.20 bits per heavy atom. The van der Waals surface area contributed by atoms with E-state index in [1.54, 1.807) is 0 Å². The molecule has 6 rings (SSSR count). The van der Waals surface area contributed by atoms with Gasteiger partial charge in [0.2, 0.25) is 0 Å². The summed E-state index contributed by atoms with van der Waals surface area (Å²) in [5.74, 6) is 0.573. The predicted molar refractivity (Wildman–Crippen MR) is 210 cm³/mol. The van der Waals surface area contributed by atoms with Crippen molar-refractivity contribution in [2.75, 3.05) is 0 Å². The van der Waals surface area contributed by atoms with E-state index in [1.165, 1.54) is 68.9 Å². The van der Waals surface area contributed by atoms with E-state index in [2.05, 4.69) is 130 Å². The standard InChI is InChI=1S/C21H25.C15H8F6.C11H17.2ClH.Zr/c1-20(2,3)16-7-9-18-14(12-16)11-15-13-17(21(4,5)6)8-10-19(15)18;16-14(17,18)12-5-1-10(2-6-12)9-11-3-7-13(8-4-11)15(19,20)21;1-5-9-6-7-10(8-9)11(2,3)4;;;/h7-13H,1-6H3;1-8H;7-9H,5H2,1-4H3;2*1H;/q-1;;-1;;;+2/p-2. The Kier molecular flexibility index (Phi) is 16.6. The quantitative estimate of drug-likeness (QED) is 0.126. The Balaban J connectivity index is 0.000000300. The van der Waals surface area contributed by atoms with Crippen LogP contribution < -0.4 is 24.8 Å². The van der Waals surface area contributed by atoms with Crippen LogP contribution in [0.25, 0.3) is 21.5 Å². The van der Waals surface area contributed by atoms with Crippen molar-refractivity contribution in [3.63, 3.8) is 0 Å². The molecule has 0 saturated heterocycles. The molecule has 0 aromatic heterocycles. The molecule has 56 heavy (non-hydrogen) atoms. The number of benzene rings is 4. The summed E-state index contributed by atoms with van der Waals surface area (Å²) in [6.07, 6.45) is 0.185. The van der Waals surface area contributed by atoms with E-state index in [0.717, 1.165) is 48.5 Å². The van der Waals surface area contributed by atoms with Gasteiger partial charge in [0.05, 0.1) is 0 Å². The molecular formula is C47H50Cl2F6Zr-2. The SMILES string of the molecule is CC(C)(C)c1ccc2c(c1)[cH-]c1cc(C(C)(C)C)ccc12.CCC1[C-]=CC(C(C)(C)C)=C1.FC(F)(F)c1ccc([C](=[Zr+2])c2ccc(C(F)(F)F)cc2)cc1.[Cl-].[Cl-]. The fraction of sp³-hybridized carbons (Fsp3) is 0.362. The topological polar surface area (TPSA) is 0 Å². The number of rotatable bonds is 3. The van der Waals surface area contributed by atoms with Gasteiger partial charge >= 0.3 is 137 Å². The van der Waals surface area contributed by atoms with Crippen molar-refractivity contribution in [2.45, 2.75) is 98.8 Å². The molecule has 300 valence electrons. The van der Waals surface area contributed by atoms with Crippen molar-refractivity contribution >= 4 is 24.8 Å². The molecule has 0 radical (unpaired) electrons. The van der Waals surface area contributed by atoms with Crippen molar-refractivity contribution in [3.05, 3.63) is 148 Å². The molecule has 0 saturated carbocycles. The van der Waals surface area contributed by atoms with Crippen molar-refractivity contribution in [1.29, 1.82) is 0 Å². The molecule has 0 bridgehead atoms. The second-order valence-corrected chi connectivity index (χ2v) is 18.2. The molecule has 1 unspecified atom stereocenters. The van der Waals surface area contributed by atoms with Crippen LogP contribution in [0.4, 0.5) is 26.3 Å². The maximum Gasteiger partial charge on any atom is -1.00 e. The Labute approximate surface area is 356 Å². The fourth-order valence-corrected chi connectivity index (χ4v) is 6.81. The number of halogens is 8. The smallest absolute Gasteiger partial charge is 1.00 e. The number of alkyl halides is 6. The Hall–Kier alpha value is -2.86. The minimum Gasteiger partial charge on any atom is -1.00 e. The first-order valence-electron chi connectivity index (χ1n) is 18.2. The molecule has 5 aromatic carbocycles. The third-order valence-corrected chi connectivity index (χ3v) is 11.0. The summed E-state index contributed by atoms with van der Waals surface area (Å²) in [7, 11) is 0. The molecule has 0 heterocycles. The fourth-order valence-electron chi connectivity index (χ4n) is 5.99. The van der Waals surface area contributed by atoms with Crippen molar-refractivity contribution in [3.8, 4) is 0 Å². The minimum absolute atomic E-state index is 0. The van der Waals surface area contributed by atoms with Gasteiger partial charge in [-0.05, 0) is 10.8 Å². The van der Waals surface area contributed by atoms with Crippen LogP contribution in [-0.4, -0.2) is 3.21 Å². The molecule has 9 heteroatoms. The minimum atomic E-state index is -4.41. The molecule has 0 spiro atoms. The largest absolute Gasteiger partial charge is 1.00 e. The van der Waals surface area contributed by atoms with Crippen LogP contribution in [0, 0.1) is 17.4 Å². The van der Waals surface area contributed by atoms with Gasteiger partial charge in [0.15, 0.2) is 0 Å². The summed E-state index contributed by atoms with van der Waals surface area (Å²) >= 11 is 0.898. The molecule has 0 nitrogen and oxygen atoms in total. The molecule has 0 N–H and O–H groups in total. The van der Waals surface area contributed by atoms with Crippen LogP contribution in [0.2, 0.25) is 0 Å². The Morgan fingerprint density at radius 2 is 0.929 bits per heavy atom. The summed E-state index contributed by atoms with van der Waals surface area (Å²) in [5.41, 5.74) is 4.56. The molecule has 1 aliphatic carbocycles. The van der Waals surface area contributed by atoms with Gasteiger partial charge in [0, 0.05) is 0 Å². The molecule has 0 aliphatic heterocycles. The first-order valence-corrected chi connectivity index (χ1v) is 19.4. The first kappa shape index (κ1) is 49.3. The summed E-state index contributed by atoms with van der Waals surface area (Å²) in [5, 5.41) is 5.48. The second-order valence-electron chi connectivity index (χ2n) is 17.0. The van der Waals surface area contributed by atoms with Crippen LogP contribution >= 0.6 is 0 Å². The summed E-state index contributed by atoms with van der Waals surface area (Å²) < 4.78 is 75.6. The van der Waals surface area contributed by atoms with Gasteiger partial charge in [-0.2, -0.15) is 11.6 Å². The average Bonchev–Trinajstić information content (AvgIpc) is 3.72. The molecule has 0 fully saturated rings. The summed E-state index contributed by atoms with van der Waals surface area (Å²) in [4.78, 5) is 0. The van der Waals surface area contributed by atoms with Crippen LogP contribution in [0.3, 0.4) is 0 Å². The van der Waals surface area contributed by atoms with Crippen molar-refractivity contribution < 1.29 is 75.4 Å². The maximum absolute atomic E-state index is 12.5. The van der Waals surface area contributed by atoms with Gasteiger partial charge in [-0.25, -0.2) is 6.08 Å². The van der Waals surface area contributed by atoms with Gasteiger partial charge in [0.25, 0.3) is 0 Å². The third kappa shape index (κ3) is 12.8. The summed E-state index contributed by atoms with van der Waals surface area (Å²) in [6.45, 7) is 22.6. The van der Waals surface area contributed by atoms with E-state index in [9.17, 15) is 26.3 Å². The van der Waals surface area contributed by atoms with Gasteiger partial charge in [-0.15, -0.1) is 39.7 Å². The van der Waals surface area contributed by atoms with E-state index in [0.29, 0.717) is 25.7 Å². The van der Waals surface area contributed by atoms with Crippen LogP contribution in [0.5, 0.6) is 0 Å². The molecule has 0 amide bonds. The normalized spacial score (nSPS) is 14.5. The third-order valence-electron chi connectivity index (χ3n) is 9.58. The van der Waals surface area contributed by atoms with E-state index in [4.69, 9.17) is 0 Å². The van der Waals surface area contributed by atoms with Crippen molar-refractivity contribution in [2.24, 2.45) is 11.3 Å². The van der Waals surface area contributed by atoms with Crippen LogP contribution in [0.15, 0.2) is 109 Å². The van der Waals surface area contributed by atoms with Gasteiger partial charge < -0.3 is 24.8 Å². The zero-order valence-corrected chi connectivity index (χ0v) is 37.6. The van der Waals surface area contributed by atoms with E-state index >= 15 is 0 Å². The monoisotopic (exact) mass is 888 g/mol. The van der Waals surface area contributed by atoms with Crippen molar-refractivity contribution in [1.82, 2.24) is 0 Å². The average molecular weight is 891 g/mol. The molecular weight excluding hydrogens is 841 g/mol. The first-order chi connectivity index (χ1) is 24.8. The van der Waals surface area contributed by atoms with Gasteiger partial charge in [-0.1, -0.05) is 122 Å². The van der Waals surface area contributed by atoms with Gasteiger partial charge in [-0.3, -0.25) is 6.08 Å². The van der Waals surface area contributed by atoms with Crippen LogP contribution in [0.1, 0.15) is 109 Å². The predicted octanol–water partition coefficient (Wildman–Crippen LogP) is 8.51. The molecule has 5 aromatic rings. The number of allylic oxidation sites excluding steroid dienone is 4. The van der Waals surface area contributed by atoms with Gasteiger partial charge in [0.1, 0.15) is 0 Å². The maximum atomic E-state index is 12.5. The molecule has 1 atom stereocenters. The zero-order chi connectivity index (χ0) is 40.4. The summed E-state index contributed by atoms with van der Waals surface area (Å²) in [6, 6.07) is 25.3. The number of fused-ring (bicyclic) bond motifs is 3. The Bertz CT molecular complexity index is 2000. The zero-order valence-electron chi connectivity index (χ0n) is 33.6. The second kappa shape index (κ2) is 18.8. The van der Waals surface area contributed by atoms with E-state index < -0.39 is 23.5 Å². The van der Waals surface area contributed by atoms with E-state index in [-0.39, 0.29) is 35.6 Å². The molecule has 1 aliphatic rings. The van der Waals surface area contributed by atoms with E-state index in [1.807, 2.05) is 0 Å². The van der Waals surface area contributed by atoms with Crippen LogP contribution in [-0.2, 0) is 47.4 Å². The number of hydrogen-bond acceptors (Lipinski definition) is 0. The Morgan fingerprint density at radius 1 is 0.571 bits per heavy atom. The number of hydrogen-bond donors (Lipinski definition) is 0.